The van der Waals surface area contributed by atoms with E-state index in [1.165, 1.54) is 6.07 Å². The summed E-state index contributed by atoms with van der Waals surface area (Å²) in [5.74, 6) is 0.781. The lowest BCUT2D eigenvalue weighted by Gasteiger charge is -2.07. The molecule has 0 spiro atoms. The first-order valence-electron chi connectivity index (χ1n) is 4.77. The molecule has 15 heavy (non-hydrogen) atoms. The van der Waals surface area contributed by atoms with Crippen molar-refractivity contribution in [3.63, 3.8) is 0 Å². The van der Waals surface area contributed by atoms with Crippen molar-refractivity contribution < 1.29 is 8.60 Å². The van der Waals surface area contributed by atoms with Gasteiger partial charge < -0.3 is 11.1 Å². The third-order valence-electron chi connectivity index (χ3n) is 1.96. The lowest BCUT2D eigenvalue weighted by Crippen LogP contribution is -2.12. The van der Waals surface area contributed by atoms with E-state index in [9.17, 15) is 8.60 Å². The average Bonchev–Trinajstić information content (AvgIpc) is 2.21. The molecule has 5 heteroatoms. The third kappa shape index (κ3) is 3.87. The SMILES string of the molecule is CCS(=O)CCNc1ccc(N)cc1F. The van der Waals surface area contributed by atoms with Gasteiger partial charge in [-0.1, -0.05) is 6.92 Å². The van der Waals surface area contributed by atoms with Crippen molar-refractivity contribution >= 4 is 22.2 Å². The highest BCUT2D eigenvalue weighted by atomic mass is 32.2. The van der Waals surface area contributed by atoms with Gasteiger partial charge in [-0.2, -0.15) is 0 Å². The number of hydrogen-bond acceptors (Lipinski definition) is 3. The van der Waals surface area contributed by atoms with Crippen LogP contribution < -0.4 is 11.1 Å². The Kier molecular flexibility index (Phi) is 4.55. The first-order valence-corrected chi connectivity index (χ1v) is 6.26. The highest BCUT2D eigenvalue weighted by Gasteiger charge is 2.02. The standard InChI is InChI=1S/C10H15FN2OS/c1-2-15(14)6-5-13-10-4-3-8(12)7-9(10)11/h3-4,7,13H,2,5-6,12H2,1H3. The molecule has 84 valence electrons. The van der Waals surface area contributed by atoms with Gasteiger partial charge in [0.2, 0.25) is 0 Å². The van der Waals surface area contributed by atoms with Gasteiger partial charge in [0, 0.05) is 34.5 Å². The molecule has 3 nitrogen and oxygen atoms in total. The highest BCUT2D eigenvalue weighted by molar-refractivity contribution is 7.84. The molecular weight excluding hydrogens is 215 g/mol. The molecule has 0 aliphatic heterocycles. The summed E-state index contributed by atoms with van der Waals surface area (Å²) in [5.41, 5.74) is 6.21. The second-order valence-electron chi connectivity index (χ2n) is 3.10. The number of anilines is 2. The van der Waals surface area contributed by atoms with E-state index in [4.69, 9.17) is 5.73 Å². The van der Waals surface area contributed by atoms with E-state index >= 15 is 0 Å². The summed E-state index contributed by atoms with van der Waals surface area (Å²) in [6, 6.07) is 4.47. The topological polar surface area (TPSA) is 55.1 Å². The molecule has 1 atom stereocenters. The van der Waals surface area contributed by atoms with Gasteiger partial charge in [-0.15, -0.1) is 0 Å². The van der Waals surface area contributed by atoms with Gasteiger partial charge in [-0.3, -0.25) is 4.21 Å². The Labute approximate surface area is 91.3 Å². The molecule has 0 radical (unpaired) electrons. The summed E-state index contributed by atoms with van der Waals surface area (Å²) < 4.78 is 24.3. The predicted octanol–water partition coefficient (Wildman–Crippen LogP) is 1.59. The van der Waals surface area contributed by atoms with Crippen LogP contribution in [0.3, 0.4) is 0 Å². The minimum absolute atomic E-state index is 0.378. The van der Waals surface area contributed by atoms with Gasteiger partial charge in [0.15, 0.2) is 0 Å². The molecule has 0 bridgehead atoms. The second kappa shape index (κ2) is 5.70. The zero-order valence-corrected chi connectivity index (χ0v) is 9.44. The van der Waals surface area contributed by atoms with E-state index < -0.39 is 10.8 Å². The summed E-state index contributed by atoms with van der Waals surface area (Å²) in [4.78, 5) is 0. The van der Waals surface area contributed by atoms with Crippen LogP contribution >= 0.6 is 0 Å². The maximum Gasteiger partial charge on any atom is 0.148 e. The summed E-state index contributed by atoms with van der Waals surface area (Å²) in [5, 5.41) is 2.88. The van der Waals surface area contributed by atoms with Crippen molar-refractivity contribution in [2.24, 2.45) is 0 Å². The second-order valence-corrected chi connectivity index (χ2v) is 4.96. The van der Waals surface area contributed by atoms with Gasteiger partial charge in [-0.25, -0.2) is 4.39 Å². The molecule has 1 unspecified atom stereocenters. The third-order valence-corrected chi connectivity index (χ3v) is 3.26. The Balaban J connectivity index is 2.47. The maximum absolute atomic E-state index is 13.2. The fourth-order valence-corrected chi connectivity index (χ4v) is 1.74. The molecule has 1 aromatic carbocycles. The Morgan fingerprint density at radius 1 is 1.53 bits per heavy atom. The first-order chi connectivity index (χ1) is 7.13. The van der Waals surface area contributed by atoms with E-state index in [1.807, 2.05) is 6.92 Å². The van der Waals surface area contributed by atoms with Crippen LogP contribution in [0.1, 0.15) is 6.92 Å². The molecule has 0 fully saturated rings. The van der Waals surface area contributed by atoms with Crippen LogP contribution in [0.4, 0.5) is 15.8 Å². The molecule has 0 aliphatic carbocycles. The normalized spacial score (nSPS) is 12.4. The van der Waals surface area contributed by atoms with Crippen molar-refractivity contribution in [1.29, 1.82) is 0 Å². The number of nitrogen functional groups attached to an aromatic ring is 1. The van der Waals surface area contributed by atoms with Crippen LogP contribution in [-0.2, 0) is 10.8 Å². The van der Waals surface area contributed by atoms with E-state index in [0.717, 1.165) is 0 Å². The average molecular weight is 230 g/mol. The minimum Gasteiger partial charge on any atom is -0.399 e. The molecular formula is C10H15FN2OS. The van der Waals surface area contributed by atoms with E-state index in [2.05, 4.69) is 5.32 Å². The van der Waals surface area contributed by atoms with Crippen LogP contribution in [0.15, 0.2) is 18.2 Å². The largest absolute Gasteiger partial charge is 0.399 e. The maximum atomic E-state index is 13.2. The zero-order valence-electron chi connectivity index (χ0n) is 8.63. The summed E-state index contributed by atoms with van der Waals surface area (Å²) >= 11 is 0. The summed E-state index contributed by atoms with van der Waals surface area (Å²) in [6.07, 6.45) is 0. The van der Waals surface area contributed by atoms with E-state index in [0.29, 0.717) is 29.4 Å². The molecule has 0 amide bonds. The number of halogens is 1. The van der Waals surface area contributed by atoms with Crippen molar-refractivity contribution in [3.05, 3.63) is 24.0 Å². The Hall–Kier alpha value is -1.10. The number of rotatable bonds is 5. The van der Waals surface area contributed by atoms with Gasteiger partial charge in [0.1, 0.15) is 5.82 Å². The van der Waals surface area contributed by atoms with Crippen LogP contribution in [-0.4, -0.2) is 22.3 Å². The van der Waals surface area contributed by atoms with Crippen molar-refractivity contribution in [1.82, 2.24) is 0 Å². The van der Waals surface area contributed by atoms with Gasteiger partial charge in [-0.05, 0) is 18.2 Å². The predicted molar refractivity (Wildman–Crippen MR) is 62.9 cm³/mol. The Morgan fingerprint density at radius 3 is 2.87 bits per heavy atom. The van der Waals surface area contributed by atoms with Crippen molar-refractivity contribution in [3.8, 4) is 0 Å². The number of nitrogens with two attached hydrogens (primary N) is 1. The van der Waals surface area contributed by atoms with Crippen molar-refractivity contribution in [2.45, 2.75) is 6.92 Å². The van der Waals surface area contributed by atoms with Crippen molar-refractivity contribution in [2.75, 3.05) is 29.1 Å². The first kappa shape index (κ1) is 12.0. The van der Waals surface area contributed by atoms with Crippen LogP contribution in [0, 0.1) is 5.82 Å². The fourth-order valence-electron chi connectivity index (χ4n) is 1.12. The molecule has 0 saturated carbocycles. The molecule has 3 N–H and O–H groups in total. The molecule has 1 aromatic rings. The molecule has 1 rings (SSSR count). The monoisotopic (exact) mass is 230 g/mol. The minimum atomic E-state index is -0.821. The molecule has 0 aliphatic rings. The molecule has 0 saturated heterocycles. The number of nitrogens with one attached hydrogen (secondary N) is 1. The van der Waals surface area contributed by atoms with E-state index in [1.54, 1.807) is 12.1 Å². The quantitative estimate of drug-likeness (QED) is 0.755. The molecule has 0 aromatic heterocycles. The van der Waals surface area contributed by atoms with Crippen LogP contribution in [0.2, 0.25) is 0 Å². The lowest BCUT2D eigenvalue weighted by atomic mass is 10.2. The van der Waals surface area contributed by atoms with Gasteiger partial charge in [0.25, 0.3) is 0 Å². The fraction of sp³-hybridized carbons (Fsp3) is 0.400. The number of hydrogen-bond donors (Lipinski definition) is 2. The zero-order chi connectivity index (χ0) is 11.3. The smallest absolute Gasteiger partial charge is 0.148 e. The Morgan fingerprint density at radius 2 is 2.27 bits per heavy atom. The van der Waals surface area contributed by atoms with E-state index in [-0.39, 0.29) is 5.82 Å². The van der Waals surface area contributed by atoms with Gasteiger partial charge in [0.05, 0.1) is 5.69 Å². The lowest BCUT2D eigenvalue weighted by molar-refractivity contribution is 0.631. The van der Waals surface area contributed by atoms with Crippen LogP contribution in [0.25, 0.3) is 0 Å². The number of benzene rings is 1. The molecule has 0 heterocycles. The highest BCUT2D eigenvalue weighted by Crippen LogP contribution is 2.16. The van der Waals surface area contributed by atoms with Crippen LogP contribution in [0.5, 0.6) is 0 Å². The summed E-state index contributed by atoms with van der Waals surface area (Å²) in [7, 11) is -0.821. The van der Waals surface area contributed by atoms with Gasteiger partial charge >= 0.3 is 0 Å². The summed E-state index contributed by atoms with van der Waals surface area (Å²) in [6.45, 7) is 2.36. The Bertz CT molecular complexity index is 357.